The number of phosphoric acid groups is 1. The first-order valence-electron chi connectivity index (χ1n) is 31.4. The van der Waals surface area contributed by atoms with E-state index in [0.717, 1.165) is 77.0 Å². The van der Waals surface area contributed by atoms with Gasteiger partial charge < -0.3 is 24.9 Å². The Morgan fingerprint density at radius 3 is 1.21 bits per heavy atom. The Morgan fingerprint density at radius 2 is 0.827 bits per heavy atom. The summed E-state index contributed by atoms with van der Waals surface area (Å²) in [5, 5.41) is 24.8. The summed E-state index contributed by atoms with van der Waals surface area (Å²) < 4.78 is 23.6. The number of amides is 1. The highest BCUT2D eigenvalue weighted by Gasteiger charge is 2.32. The first-order chi connectivity index (χ1) is 36.4. The van der Waals surface area contributed by atoms with Gasteiger partial charge in [-0.3, -0.25) is 13.8 Å². The van der Waals surface area contributed by atoms with E-state index in [4.69, 9.17) is 9.05 Å². The van der Waals surface area contributed by atoms with Crippen molar-refractivity contribution in [3.63, 3.8) is 0 Å². The number of rotatable bonds is 57. The van der Waals surface area contributed by atoms with Gasteiger partial charge in [-0.15, -0.1) is 0 Å². The van der Waals surface area contributed by atoms with Crippen LogP contribution in [0.4, 0.5) is 0 Å². The molecule has 0 aromatic heterocycles. The Labute approximate surface area is 464 Å². The average molecular weight is 1070 g/mol. The van der Waals surface area contributed by atoms with Gasteiger partial charge in [-0.05, 0) is 64.2 Å². The zero-order chi connectivity index (χ0) is 55.0. The largest absolute Gasteiger partial charge is 0.472 e. The molecule has 0 spiro atoms. The van der Waals surface area contributed by atoms with E-state index in [2.05, 4.69) is 92.1 Å². The Morgan fingerprint density at radius 1 is 0.480 bits per heavy atom. The van der Waals surface area contributed by atoms with Crippen molar-refractivity contribution in [2.24, 2.45) is 0 Å². The molecule has 0 aromatic carbocycles. The highest BCUT2D eigenvalue weighted by Crippen LogP contribution is 2.43. The van der Waals surface area contributed by atoms with Crippen molar-refractivity contribution in [1.82, 2.24) is 5.32 Å². The van der Waals surface area contributed by atoms with Crippen LogP contribution in [0.1, 0.15) is 277 Å². The zero-order valence-corrected chi connectivity index (χ0v) is 50.5. The zero-order valence-electron chi connectivity index (χ0n) is 49.6. The van der Waals surface area contributed by atoms with Gasteiger partial charge in [-0.1, -0.05) is 279 Å². The van der Waals surface area contributed by atoms with Crippen LogP contribution in [0.5, 0.6) is 0 Å². The first-order valence-corrected chi connectivity index (χ1v) is 32.9. The second-order valence-corrected chi connectivity index (χ2v) is 24.0. The standard InChI is InChI=1S/C65H121N2O7P/c1-6-8-10-12-14-16-18-20-21-22-23-24-25-26-27-28-29-30-31-32-33-34-35-36-37-38-39-40-41-42-43-44-45-46-48-50-52-54-56-58-64(69)66-62(61-74-75(71,72)73-60-59-67(3,4)5)65(70)63(68)57-55-53-51-49-47-19-17-15-13-11-9-7-2/h8,10,14,16,20-21,23-24,26-27,29-30,62-63,65,68,70H,6-7,9,11-13,15,17-19,22,25,28,31-61H2,1-5H3,(H-,66,69,71,72)/p+1/b10-8-,16-14-,21-20-,24-23-,27-26-,30-29-. The molecule has 0 saturated carbocycles. The minimum Gasteiger partial charge on any atom is -0.390 e. The van der Waals surface area contributed by atoms with Crippen molar-refractivity contribution in [3.8, 4) is 0 Å². The summed E-state index contributed by atoms with van der Waals surface area (Å²) >= 11 is 0. The third kappa shape index (κ3) is 56.4. The van der Waals surface area contributed by atoms with E-state index in [1.54, 1.807) is 0 Å². The van der Waals surface area contributed by atoms with Crippen molar-refractivity contribution in [3.05, 3.63) is 72.9 Å². The molecule has 0 radical (unpaired) electrons. The number of nitrogens with zero attached hydrogens (tertiary/aromatic N) is 1. The number of nitrogens with one attached hydrogen (secondary N) is 1. The molecular weight excluding hydrogens is 952 g/mol. The smallest absolute Gasteiger partial charge is 0.390 e. The highest BCUT2D eigenvalue weighted by molar-refractivity contribution is 7.47. The van der Waals surface area contributed by atoms with Crippen molar-refractivity contribution in [2.45, 2.75) is 295 Å². The van der Waals surface area contributed by atoms with Gasteiger partial charge in [0.25, 0.3) is 0 Å². The number of phosphoric ester groups is 1. The van der Waals surface area contributed by atoms with Gasteiger partial charge >= 0.3 is 7.82 Å². The van der Waals surface area contributed by atoms with Crippen LogP contribution >= 0.6 is 7.82 Å². The minimum absolute atomic E-state index is 0.0219. The van der Waals surface area contributed by atoms with Crippen molar-refractivity contribution < 1.29 is 38.0 Å². The summed E-state index contributed by atoms with van der Waals surface area (Å²) in [6, 6.07) is -1.03. The summed E-state index contributed by atoms with van der Waals surface area (Å²) in [6.07, 6.45) is 73.0. The second-order valence-electron chi connectivity index (χ2n) is 22.5. The Hall–Kier alpha value is -2.10. The van der Waals surface area contributed by atoms with Gasteiger partial charge in [-0.25, -0.2) is 4.57 Å². The normalized spacial score (nSPS) is 14.7. The quantitative estimate of drug-likeness (QED) is 0.0207. The van der Waals surface area contributed by atoms with Crippen molar-refractivity contribution in [1.29, 1.82) is 0 Å². The van der Waals surface area contributed by atoms with Crippen LogP contribution in [0, 0.1) is 0 Å². The maximum atomic E-state index is 13.0. The molecule has 0 aliphatic carbocycles. The van der Waals surface area contributed by atoms with E-state index in [-0.39, 0.29) is 12.5 Å². The molecule has 0 saturated heterocycles. The number of hydrogen-bond donors (Lipinski definition) is 4. The third-order valence-corrected chi connectivity index (χ3v) is 15.0. The molecule has 0 heterocycles. The lowest BCUT2D eigenvalue weighted by atomic mass is 9.99. The maximum Gasteiger partial charge on any atom is 0.472 e. The van der Waals surface area contributed by atoms with Crippen molar-refractivity contribution >= 4 is 13.7 Å². The number of hydrogen-bond acceptors (Lipinski definition) is 6. The second kappa shape index (κ2) is 55.2. The molecule has 0 aliphatic heterocycles. The predicted molar refractivity (Wildman–Crippen MR) is 324 cm³/mol. The first kappa shape index (κ1) is 72.9. The lowest BCUT2D eigenvalue weighted by Gasteiger charge is -2.28. The van der Waals surface area contributed by atoms with Gasteiger partial charge in [-0.2, -0.15) is 0 Å². The molecule has 4 atom stereocenters. The van der Waals surface area contributed by atoms with Crippen LogP contribution in [0.25, 0.3) is 0 Å². The molecule has 0 rings (SSSR count). The summed E-state index contributed by atoms with van der Waals surface area (Å²) in [5.74, 6) is -0.256. The number of likely N-dealkylation sites (N-methyl/N-ethyl adjacent to an activating group) is 1. The maximum absolute atomic E-state index is 13.0. The number of quaternary nitrogens is 1. The van der Waals surface area contributed by atoms with Gasteiger partial charge in [0, 0.05) is 6.42 Å². The minimum atomic E-state index is -4.42. The molecule has 10 heteroatoms. The monoisotopic (exact) mass is 1070 g/mol. The van der Waals surface area contributed by atoms with E-state index >= 15 is 0 Å². The lowest BCUT2D eigenvalue weighted by Crippen LogP contribution is -2.51. The van der Waals surface area contributed by atoms with Gasteiger partial charge in [0.2, 0.25) is 5.91 Å². The molecule has 0 aliphatic rings. The Bertz CT molecular complexity index is 1470. The van der Waals surface area contributed by atoms with Crippen LogP contribution < -0.4 is 5.32 Å². The van der Waals surface area contributed by atoms with Gasteiger partial charge in [0.1, 0.15) is 19.3 Å². The number of allylic oxidation sites excluding steroid dienone is 12. The Balaban J connectivity index is 3.98. The molecule has 9 nitrogen and oxygen atoms in total. The van der Waals surface area contributed by atoms with E-state index in [1.165, 1.54) is 173 Å². The fraction of sp³-hybridized carbons (Fsp3) is 0.800. The molecule has 438 valence electrons. The summed E-state index contributed by atoms with van der Waals surface area (Å²) in [7, 11) is 1.44. The summed E-state index contributed by atoms with van der Waals surface area (Å²) in [5.41, 5.74) is 0. The topological polar surface area (TPSA) is 125 Å². The van der Waals surface area contributed by atoms with Gasteiger partial charge in [0.05, 0.1) is 39.9 Å². The number of carbonyl (C=O) groups excluding carboxylic acids is 1. The lowest BCUT2D eigenvalue weighted by molar-refractivity contribution is -0.870. The van der Waals surface area contributed by atoms with E-state index < -0.39 is 32.7 Å². The summed E-state index contributed by atoms with van der Waals surface area (Å²) in [4.78, 5) is 23.3. The SMILES string of the molecule is CC/C=C\C/C=C\C/C=C\C/C=C\C/C=C\C/C=C\CCCCCCCCCCCCCCCCCCCCCCC(=O)NC(COP(=O)(O)OCC[N+](C)(C)C)C(O)C(O)CCCCCCCCCCCCCC. The van der Waals surface area contributed by atoms with Crippen LogP contribution in [0.15, 0.2) is 72.9 Å². The van der Waals surface area contributed by atoms with E-state index in [1.807, 2.05) is 21.1 Å². The Kier molecular flexibility index (Phi) is 53.7. The third-order valence-electron chi connectivity index (χ3n) is 14.1. The molecule has 75 heavy (non-hydrogen) atoms. The van der Waals surface area contributed by atoms with Crippen LogP contribution in [0.2, 0.25) is 0 Å². The van der Waals surface area contributed by atoms with Crippen LogP contribution in [0.3, 0.4) is 0 Å². The molecule has 0 aromatic rings. The van der Waals surface area contributed by atoms with Gasteiger partial charge in [0.15, 0.2) is 0 Å². The molecule has 4 unspecified atom stereocenters. The predicted octanol–water partition coefficient (Wildman–Crippen LogP) is 18.4. The number of carbonyl (C=O) groups is 1. The van der Waals surface area contributed by atoms with E-state index in [0.29, 0.717) is 23.9 Å². The van der Waals surface area contributed by atoms with Crippen molar-refractivity contribution in [2.75, 3.05) is 40.9 Å². The molecule has 1 amide bonds. The molecule has 4 N–H and O–H groups in total. The number of aliphatic hydroxyl groups is 2. The average Bonchev–Trinajstić information content (AvgIpc) is 3.37. The van der Waals surface area contributed by atoms with E-state index in [9.17, 15) is 24.5 Å². The molecular formula is C65H122N2O7P+. The molecule has 0 fully saturated rings. The highest BCUT2D eigenvalue weighted by atomic mass is 31.2. The fourth-order valence-corrected chi connectivity index (χ4v) is 9.88. The number of unbranched alkanes of at least 4 members (excludes halogenated alkanes) is 31. The van der Waals surface area contributed by atoms with Crippen LogP contribution in [-0.4, -0.2) is 84.6 Å². The molecule has 0 bridgehead atoms. The van der Waals surface area contributed by atoms with Crippen LogP contribution in [-0.2, 0) is 18.4 Å². The number of aliphatic hydroxyl groups excluding tert-OH is 2. The summed E-state index contributed by atoms with van der Waals surface area (Å²) in [6.45, 7) is 4.51. The fourth-order valence-electron chi connectivity index (χ4n) is 9.15.